The average molecular weight is 123 g/mol. The Morgan fingerprint density at radius 3 is 2.14 bits per heavy atom. The molecule has 0 aliphatic carbocycles. The summed E-state index contributed by atoms with van der Waals surface area (Å²) in [5, 5.41) is 15.8. The van der Waals surface area contributed by atoms with Crippen LogP contribution in [0.2, 0.25) is 0 Å². The Labute approximate surface area is 41.0 Å². The largest absolute Gasteiger partial charge is 0.476 e. The Kier molecular flexibility index (Phi) is 2.48. The molecule has 0 aromatic rings. The number of carboxylic acid groups (broad SMARTS) is 1. The Balaban J connectivity index is 3.55. The third-order valence-corrected chi connectivity index (χ3v) is 0.816. The lowest BCUT2D eigenvalue weighted by Crippen LogP contribution is -2.10. The summed E-state index contributed by atoms with van der Waals surface area (Å²) in [7, 11) is -1.18. The van der Waals surface area contributed by atoms with Crippen LogP contribution in [-0.2, 0) is 9.36 Å². The summed E-state index contributed by atoms with van der Waals surface area (Å²) in [6.45, 7) is 0. The monoisotopic (exact) mass is 123 g/mol. The fourth-order valence-corrected chi connectivity index (χ4v) is 0.151. The van der Waals surface area contributed by atoms with Gasteiger partial charge in [-0.1, -0.05) is 4.57 Å². The lowest BCUT2D eigenvalue weighted by molar-refractivity contribution is -0.142. The summed E-state index contributed by atoms with van der Waals surface area (Å²) in [4.78, 5) is 9.49. The van der Waals surface area contributed by atoms with Gasteiger partial charge in [0.2, 0.25) is 0 Å². The van der Waals surface area contributed by atoms with Crippen molar-refractivity contribution in [2.75, 3.05) is 0 Å². The maximum Gasteiger partial charge on any atom is 0.384 e. The third kappa shape index (κ3) is 2.25. The molecule has 2 N–H and O–H groups in total. The van der Waals surface area contributed by atoms with Gasteiger partial charge in [0.25, 0.3) is 0 Å². The van der Waals surface area contributed by atoms with Crippen LogP contribution in [0, 0.1) is 0 Å². The van der Waals surface area contributed by atoms with Crippen molar-refractivity contribution in [3.05, 3.63) is 0 Å². The molecule has 0 fully saturated rings. The zero-order valence-electron chi connectivity index (χ0n) is 3.29. The normalized spacial score (nSPS) is 13.9. The molecule has 0 saturated heterocycles. The van der Waals surface area contributed by atoms with E-state index in [9.17, 15) is 9.36 Å². The first-order chi connectivity index (χ1) is 3.18. The van der Waals surface area contributed by atoms with Crippen LogP contribution in [0.4, 0.5) is 0 Å². The van der Waals surface area contributed by atoms with E-state index in [1.807, 2.05) is 0 Å². The maximum atomic E-state index is 9.49. The van der Waals surface area contributed by atoms with Crippen LogP contribution >= 0.6 is 8.46 Å². The summed E-state index contributed by atoms with van der Waals surface area (Å²) in [5.74, 6) is -3.16. The van der Waals surface area contributed by atoms with Gasteiger partial charge in [0.1, 0.15) is 0 Å². The van der Waals surface area contributed by atoms with E-state index < -0.39 is 20.3 Å². The predicted octanol–water partition coefficient (Wildman–Crippen LogP) is -0.587. The van der Waals surface area contributed by atoms with Crippen molar-refractivity contribution in [3.63, 3.8) is 0 Å². The first kappa shape index (κ1) is 6.53. The number of aliphatic carboxylic acids is 1. The van der Waals surface area contributed by atoms with Gasteiger partial charge < -0.3 is 10.2 Å². The molecule has 5 heteroatoms. The third-order valence-electron chi connectivity index (χ3n) is 0.346. The van der Waals surface area contributed by atoms with Gasteiger partial charge in [0.05, 0.1) is 0 Å². The number of hydrogen-bond acceptors (Lipinski definition) is 3. The number of carboxylic acids is 1. The molecule has 0 radical (unpaired) electrons. The van der Waals surface area contributed by atoms with Crippen molar-refractivity contribution >= 4 is 14.4 Å². The molecule has 4 nitrogen and oxygen atoms in total. The smallest absolute Gasteiger partial charge is 0.384 e. The van der Waals surface area contributed by atoms with Gasteiger partial charge in [-0.15, -0.1) is 0 Å². The minimum atomic E-state index is -1.71. The average Bonchev–Trinajstić information content (AvgIpc) is 1.65. The van der Waals surface area contributed by atoms with Crippen molar-refractivity contribution in [2.45, 2.75) is 5.85 Å². The molecule has 0 bridgehead atoms. The molecule has 0 aliphatic heterocycles. The molecule has 40 valence electrons. The Bertz CT molecular complexity index is 89.7. The van der Waals surface area contributed by atoms with Crippen molar-refractivity contribution in [2.24, 2.45) is 0 Å². The number of rotatable bonds is 2. The van der Waals surface area contributed by atoms with Crippen LogP contribution in [0.15, 0.2) is 0 Å². The molecular formula is C2H4O4P+. The summed E-state index contributed by atoms with van der Waals surface area (Å²) < 4.78 is 9.47. The van der Waals surface area contributed by atoms with Gasteiger partial charge in [-0.2, -0.15) is 0 Å². The van der Waals surface area contributed by atoms with Crippen LogP contribution in [0.1, 0.15) is 0 Å². The van der Waals surface area contributed by atoms with Gasteiger partial charge in [-0.3, -0.25) is 0 Å². The van der Waals surface area contributed by atoms with E-state index in [0.29, 0.717) is 0 Å². The Morgan fingerprint density at radius 2 is 2.14 bits per heavy atom. The first-order valence-electron chi connectivity index (χ1n) is 1.47. The van der Waals surface area contributed by atoms with E-state index in [1.165, 1.54) is 0 Å². The topological polar surface area (TPSA) is 74.6 Å². The van der Waals surface area contributed by atoms with Gasteiger partial charge in [0.15, 0.2) is 0 Å². The highest BCUT2D eigenvalue weighted by molar-refractivity contribution is 7.25. The quantitative estimate of drug-likeness (QED) is 0.481. The number of carbonyl (C=O) groups is 1. The molecule has 0 spiro atoms. The van der Waals surface area contributed by atoms with E-state index in [-0.39, 0.29) is 0 Å². The van der Waals surface area contributed by atoms with Crippen LogP contribution in [0.5, 0.6) is 0 Å². The highest BCUT2D eigenvalue weighted by Gasteiger charge is 2.19. The van der Waals surface area contributed by atoms with Gasteiger partial charge in [-0.05, 0) is 0 Å². The fraction of sp³-hybridized carbons (Fsp3) is 0.500. The van der Waals surface area contributed by atoms with Crippen LogP contribution in [-0.4, -0.2) is 22.0 Å². The zero-order valence-corrected chi connectivity index (χ0v) is 4.29. The van der Waals surface area contributed by atoms with Gasteiger partial charge in [-0.25, -0.2) is 4.79 Å². The second-order valence-corrected chi connectivity index (χ2v) is 1.64. The summed E-state index contributed by atoms with van der Waals surface area (Å²) in [6, 6.07) is 0. The summed E-state index contributed by atoms with van der Waals surface area (Å²) in [6.07, 6.45) is 0. The minimum absolute atomic E-state index is 1.18. The van der Waals surface area contributed by atoms with E-state index in [0.717, 1.165) is 0 Å². The van der Waals surface area contributed by atoms with Crippen molar-refractivity contribution in [1.82, 2.24) is 0 Å². The van der Waals surface area contributed by atoms with Crippen LogP contribution in [0.25, 0.3) is 0 Å². The molecule has 2 unspecified atom stereocenters. The lowest BCUT2D eigenvalue weighted by Gasteiger charge is -1.79. The van der Waals surface area contributed by atoms with E-state index in [2.05, 4.69) is 0 Å². The lowest BCUT2D eigenvalue weighted by atomic mass is 10.7. The molecule has 0 aliphatic rings. The van der Waals surface area contributed by atoms with Crippen molar-refractivity contribution in [3.8, 4) is 0 Å². The molecule has 0 amide bonds. The van der Waals surface area contributed by atoms with Crippen LogP contribution < -0.4 is 0 Å². The van der Waals surface area contributed by atoms with Crippen molar-refractivity contribution < 1.29 is 19.6 Å². The Morgan fingerprint density at radius 1 is 1.71 bits per heavy atom. The number of hydrogen-bond donors (Lipinski definition) is 2. The molecule has 2 atom stereocenters. The predicted molar refractivity (Wildman–Crippen MR) is 22.6 cm³/mol. The highest BCUT2D eigenvalue weighted by atomic mass is 31.1. The fourth-order valence-electron chi connectivity index (χ4n) is 0.0504. The molecule has 0 saturated carbocycles. The first-order valence-corrected chi connectivity index (χ1v) is 2.45. The summed E-state index contributed by atoms with van der Waals surface area (Å²) in [5.41, 5.74) is 0. The maximum absolute atomic E-state index is 9.49. The standard InChI is InChI=1S/C2H3O4P/c3-1(4)2(5)7-6/h2,5H,(H,3,4)/p+1. The molecule has 0 aromatic carbocycles. The molecule has 7 heavy (non-hydrogen) atoms. The van der Waals surface area contributed by atoms with Gasteiger partial charge in [0, 0.05) is 0 Å². The van der Waals surface area contributed by atoms with Crippen LogP contribution in [0.3, 0.4) is 0 Å². The molecular weight excluding hydrogens is 119 g/mol. The van der Waals surface area contributed by atoms with E-state index in [1.54, 1.807) is 0 Å². The molecule has 0 heterocycles. The van der Waals surface area contributed by atoms with Crippen molar-refractivity contribution in [1.29, 1.82) is 0 Å². The summed E-state index contributed by atoms with van der Waals surface area (Å²) >= 11 is 0. The molecule has 0 rings (SSSR count). The van der Waals surface area contributed by atoms with E-state index >= 15 is 0 Å². The SMILES string of the molecule is O=[PH+]C(O)C(=O)O. The second-order valence-electron chi connectivity index (χ2n) is 0.859. The number of aliphatic hydroxyl groups excluding tert-OH is 1. The highest BCUT2D eigenvalue weighted by Crippen LogP contribution is 1.99. The molecule has 0 aromatic heterocycles. The second kappa shape index (κ2) is 2.66. The Hall–Kier alpha value is -0.470. The van der Waals surface area contributed by atoms with E-state index in [4.69, 9.17) is 10.2 Å². The number of aliphatic hydroxyl groups is 1. The van der Waals surface area contributed by atoms with Gasteiger partial charge >= 0.3 is 20.3 Å². The minimum Gasteiger partial charge on any atom is -0.476 e. The zero-order chi connectivity index (χ0) is 5.86.